The van der Waals surface area contributed by atoms with Crippen LogP contribution in [0, 0.1) is 17.8 Å². The van der Waals surface area contributed by atoms with E-state index in [0.29, 0.717) is 11.1 Å². The SMILES string of the molecule is CO[C@@H]1C[C@@H]2C[C@H](CO[Si](C)(C)C(C)(C)C)[C@H]1C2. The Bertz CT molecular complexity index is 295. The van der Waals surface area contributed by atoms with Gasteiger partial charge in [0.15, 0.2) is 8.32 Å². The third kappa shape index (κ3) is 2.68. The maximum Gasteiger partial charge on any atom is 0.191 e. The Morgan fingerprint density at radius 1 is 1.11 bits per heavy atom. The molecule has 0 aliphatic heterocycles. The summed E-state index contributed by atoms with van der Waals surface area (Å²) in [7, 11) is 0.299. The first kappa shape index (κ1) is 14.5. The molecule has 2 rings (SSSR count). The number of fused-ring (bicyclic) bond motifs is 2. The molecule has 0 unspecified atom stereocenters. The van der Waals surface area contributed by atoms with E-state index in [0.717, 1.165) is 24.4 Å². The van der Waals surface area contributed by atoms with Crippen molar-refractivity contribution in [3.63, 3.8) is 0 Å². The zero-order valence-corrected chi connectivity index (χ0v) is 14.0. The van der Waals surface area contributed by atoms with Gasteiger partial charge in [-0.3, -0.25) is 0 Å². The number of hydrogen-bond acceptors (Lipinski definition) is 2. The molecule has 2 bridgehead atoms. The average Bonchev–Trinajstić information content (AvgIpc) is 2.83. The van der Waals surface area contributed by atoms with Crippen molar-refractivity contribution < 1.29 is 9.16 Å². The minimum absolute atomic E-state index is 0.325. The molecule has 0 spiro atoms. The summed E-state index contributed by atoms with van der Waals surface area (Å²) in [6.45, 7) is 12.6. The molecule has 0 aromatic rings. The van der Waals surface area contributed by atoms with E-state index in [1.54, 1.807) is 0 Å². The second-order valence-electron chi connectivity index (χ2n) is 7.84. The summed E-state index contributed by atoms with van der Waals surface area (Å²) < 4.78 is 12.0. The average molecular weight is 270 g/mol. The van der Waals surface area contributed by atoms with Crippen LogP contribution in [-0.2, 0) is 9.16 Å². The molecule has 0 saturated heterocycles. The zero-order valence-electron chi connectivity index (χ0n) is 13.0. The topological polar surface area (TPSA) is 18.5 Å². The van der Waals surface area contributed by atoms with Crippen LogP contribution in [0.15, 0.2) is 0 Å². The molecule has 0 aromatic heterocycles. The van der Waals surface area contributed by atoms with Gasteiger partial charge < -0.3 is 9.16 Å². The molecule has 0 N–H and O–H groups in total. The van der Waals surface area contributed by atoms with Crippen LogP contribution in [0.3, 0.4) is 0 Å². The van der Waals surface area contributed by atoms with E-state index in [4.69, 9.17) is 9.16 Å². The third-order valence-electron chi connectivity index (χ3n) is 5.66. The van der Waals surface area contributed by atoms with E-state index in [-0.39, 0.29) is 0 Å². The van der Waals surface area contributed by atoms with Crippen LogP contribution in [0.5, 0.6) is 0 Å². The van der Waals surface area contributed by atoms with Crippen LogP contribution < -0.4 is 0 Å². The number of rotatable bonds is 4. The maximum atomic E-state index is 6.41. The molecular formula is C15H30O2Si. The fraction of sp³-hybridized carbons (Fsp3) is 1.00. The predicted molar refractivity (Wildman–Crippen MR) is 78.3 cm³/mol. The fourth-order valence-electron chi connectivity index (χ4n) is 3.42. The lowest BCUT2D eigenvalue weighted by Gasteiger charge is -2.38. The molecule has 0 amide bonds. The lowest BCUT2D eigenvalue weighted by atomic mass is 9.87. The van der Waals surface area contributed by atoms with Crippen LogP contribution in [0.4, 0.5) is 0 Å². The van der Waals surface area contributed by atoms with Gasteiger partial charge in [0.1, 0.15) is 0 Å². The van der Waals surface area contributed by atoms with Crippen molar-refractivity contribution in [1.29, 1.82) is 0 Å². The highest BCUT2D eigenvalue weighted by Crippen LogP contribution is 2.50. The van der Waals surface area contributed by atoms with Gasteiger partial charge in [-0.15, -0.1) is 0 Å². The van der Waals surface area contributed by atoms with E-state index < -0.39 is 8.32 Å². The van der Waals surface area contributed by atoms with E-state index >= 15 is 0 Å². The summed E-state index contributed by atoms with van der Waals surface area (Å²) in [6, 6.07) is 0. The van der Waals surface area contributed by atoms with Crippen molar-refractivity contribution in [2.24, 2.45) is 17.8 Å². The molecule has 0 heterocycles. The molecule has 4 atom stereocenters. The highest BCUT2D eigenvalue weighted by Gasteiger charge is 2.47. The Morgan fingerprint density at radius 2 is 1.78 bits per heavy atom. The molecule has 3 heteroatoms. The van der Waals surface area contributed by atoms with Gasteiger partial charge >= 0.3 is 0 Å². The Kier molecular flexibility index (Phi) is 3.97. The Labute approximate surface area is 114 Å². The van der Waals surface area contributed by atoms with Crippen LogP contribution in [-0.4, -0.2) is 28.1 Å². The van der Waals surface area contributed by atoms with Crippen molar-refractivity contribution in [3.05, 3.63) is 0 Å². The molecule has 18 heavy (non-hydrogen) atoms. The normalized spacial score (nSPS) is 36.3. The quantitative estimate of drug-likeness (QED) is 0.717. The van der Waals surface area contributed by atoms with Crippen LogP contribution >= 0.6 is 0 Å². The first-order valence-electron chi connectivity index (χ1n) is 7.41. The van der Waals surface area contributed by atoms with Gasteiger partial charge in [0.05, 0.1) is 6.10 Å². The van der Waals surface area contributed by atoms with E-state index in [1.807, 2.05) is 7.11 Å². The van der Waals surface area contributed by atoms with Gasteiger partial charge in [-0.05, 0) is 55.1 Å². The molecule has 2 aliphatic rings. The second-order valence-corrected chi connectivity index (χ2v) is 12.7. The second kappa shape index (κ2) is 4.91. The largest absolute Gasteiger partial charge is 0.417 e. The first-order valence-corrected chi connectivity index (χ1v) is 10.3. The van der Waals surface area contributed by atoms with Crippen molar-refractivity contribution >= 4 is 8.32 Å². The monoisotopic (exact) mass is 270 g/mol. The predicted octanol–water partition coefficient (Wildman–Crippen LogP) is 4.07. The number of ether oxygens (including phenoxy) is 1. The number of methoxy groups -OCH3 is 1. The van der Waals surface area contributed by atoms with Crippen molar-refractivity contribution in [2.75, 3.05) is 13.7 Å². The van der Waals surface area contributed by atoms with Gasteiger partial charge in [-0.25, -0.2) is 0 Å². The third-order valence-corrected chi connectivity index (χ3v) is 10.2. The molecule has 2 fully saturated rings. The van der Waals surface area contributed by atoms with Crippen LogP contribution in [0.1, 0.15) is 40.0 Å². The highest BCUT2D eigenvalue weighted by molar-refractivity contribution is 6.74. The van der Waals surface area contributed by atoms with Gasteiger partial charge in [0.25, 0.3) is 0 Å². The Balaban J connectivity index is 1.89. The summed E-state index contributed by atoms with van der Waals surface area (Å²) in [5.74, 6) is 2.43. The lowest BCUT2D eigenvalue weighted by molar-refractivity contribution is 0.0206. The molecule has 2 saturated carbocycles. The van der Waals surface area contributed by atoms with Crippen molar-refractivity contribution in [3.8, 4) is 0 Å². The molecule has 0 aromatic carbocycles. The molecule has 0 radical (unpaired) electrons. The van der Waals surface area contributed by atoms with E-state index in [9.17, 15) is 0 Å². The molecular weight excluding hydrogens is 240 g/mol. The summed E-state index contributed by atoms with van der Waals surface area (Å²) in [4.78, 5) is 0. The zero-order chi connectivity index (χ0) is 13.6. The van der Waals surface area contributed by atoms with E-state index in [1.165, 1.54) is 19.3 Å². The van der Waals surface area contributed by atoms with E-state index in [2.05, 4.69) is 33.9 Å². The smallest absolute Gasteiger partial charge is 0.191 e. The van der Waals surface area contributed by atoms with Gasteiger partial charge in [-0.1, -0.05) is 20.8 Å². The summed E-state index contributed by atoms with van der Waals surface area (Å²) in [5.41, 5.74) is 0. The Hall–Kier alpha value is 0.137. The van der Waals surface area contributed by atoms with Gasteiger partial charge in [0, 0.05) is 13.7 Å². The van der Waals surface area contributed by atoms with Crippen LogP contribution in [0.2, 0.25) is 18.1 Å². The summed E-state index contributed by atoms with van der Waals surface area (Å²) in [6.07, 6.45) is 4.55. The first-order chi connectivity index (χ1) is 8.24. The number of hydrogen-bond donors (Lipinski definition) is 0. The van der Waals surface area contributed by atoms with Gasteiger partial charge in [-0.2, -0.15) is 0 Å². The minimum atomic E-state index is -1.57. The highest BCUT2D eigenvalue weighted by atomic mass is 28.4. The summed E-state index contributed by atoms with van der Waals surface area (Å²) in [5, 5.41) is 0.325. The Morgan fingerprint density at radius 3 is 2.28 bits per heavy atom. The maximum absolute atomic E-state index is 6.41. The standard InChI is InChI=1S/C15H30O2Si/c1-15(2,3)18(5,6)17-10-12-7-11-8-13(12)14(9-11)16-4/h11-14H,7-10H2,1-6H3/t11-,12-,13-,14-/m1/s1. The minimum Gasteiger partial charge on any atom is -0.417 e. The summed E-state index contributed by atoms with van der Waals surface area (Å²) >= 11 is 0. The molecule has 2 aliphatic carbocycles. The van der Waals surface area contributed by atoms with Crippen molar-refractivity contribution in [2.45, 2.75) is 64.3 Å². The molecule has 106 valence electrons. The fourth-order valence-corrected chi connectivity index (χ4v) is 4.49. The lowest BCUT2D eigenvalue weighted by Crippen LogP contribution is -2.43. The van der Waals surface area contributed by atoms with Crippen molar-refractivity contribution in [1.82, 2.24) is 0 Å². The van der Waals surface area contributed by atoms with Gasteiger partial charge in [0.2, 0.25) is 0 Å². The molecule has 2 nitrogen and oxygen atoms in total. The van der Waals surface area contributed by atoms with Crippen LogP contribution in [0.25, 0.3) is 0 Å².